The normalized spacial score (nSPS) is 16.3. The van der Waals surface area contributed by atoms with Crippen LogP contribution in [0.4, 0.5) is 11.4 Å². The Balaban J connectivity index is 1.89. The van der Waals surface area contributed by atoms with Gasteiger partial charge in [-0.3, -0.25) is 9.69 Å². The highest BCUT2D eigenvalue weighted by atomic mass is 127. The van der Waals surface area contributed by atoms with E-state index in [9.17, 15) is 9.90 Å². The third-order valence-electron chi connectivity index (χ3n) is 4.26. The van der Waals surface area contributed by atoms with Crippen molar-refractivity contribution < 1.29 is 9.90 Å². The summed E-state index contributed by atoms with van der Waals surface area (Å²) in [6.45, 7) is 0. The first kappa shape index (κ1) is 16.0. The minimum absolute atomic E-state index is 0.0937. The first-order chi connectivity index (χ1) is 12.1. The van der Waals surface area contributed by atoms with Crippen molar-refractivity contribution >= 4 is 39.9 Å². The Morgan fingerprint density at radius 3 is 2.36 bits per heavy atom. The second-order valence-electron chi connectivity index (χ2n) is 5.80. The van der Waals surface area contributed by atoms with Gasteiger partial charge in [-0.05, 0) is 65.1 Å². The van der Waals surface area contributed by atoms with Crippen LogP contribution >= 0.6 is 22.6 Å². The molecule has 0 saturated carbocycles. The van der Waals surface area contributed by atoms with Gasteiger partial charge in [0.15, 0.2) is 0 Å². The maximum atomic E-state index is 13.2. The highest BCUT2D eigenvalue weighted by Gasteiger charge is 2.35. The number of amides is 1. The second kappa shape index (κ2) is 6.40. The predicted molar refractivity (Wildman–Crippen MR) is 107 cm³/mol. The molecule has 0 spiro atoms. The lowest BCUT2D eigenvalue weighted by Gasteiger charge is -2.38. The molecule has 0 aliphatic carbocycles. The van der Waals surface area contributed by atoms with Crippen molar-refractivity contribution in [2.75, 3.05) is 10.2 Å². The zero-order valence-corrected chi connectivity index (χ0v) is 15.3. The molecule has 0 aromatic heterocycles. The van der Waals surface area contributed by atoms with Crippen molar-refractivity contribution in [3.63, 3.8) is 0 Å². The monoisotopic (exact) mass is 442 g/mol. The van der Waals surface area contributed by atoms with Gasteiger partial charge in [0.05, 0.1) is 5.56 Å². The first-order valence-electron chi connectivity index (χ1n) is 7.88. The summed E-state index contributed by atoms with van der Waals surface area (Å²) in [6.07, 6.45) is -0.483. The Hall–Kier alpha value is -2.54. The number of para-hydroxylation sites is 2. The zero-order valence-electron chi connectivity index (χ0n) is 13.2. The van der Waals surface area contributed by atoms with E-state index in [1.54, 1.807) is 17.0 Å². The molecule has 5 heteroatoms. The summed E-state index contributed by atoms with van der Waals surface area (Å²) in [6, 6.07) is 22.3. The highest BCUT2D eigenvalue weighted by Crippen LogP contribution is 2.39. The molecule has 1 heterocycles. The molecule has 0 fully saturated rings. The molecular weight excluding hydrogens is 427 g/mol. The number of hydrogen-bond donors (Lipinski definition) is 2. The van der Waals surface area contributed by atoms with Gasteiger partial charge >= 0.3 is 0 Å². The lowest BCUT2D eigenvalue weighted by Crippen LogP contribution is -2.43. The van der Waals surface area contributed by atoms with Crippen molar-refractivity contribution in [1.82, 2.24) is 0 Å². The topological polar surface area (TPSA) is 52.6 Å². The Morgan fingerprint density at radius 1 is 0.920 bits per heavy atom. The van der Waals surface area contributed by atoms with Crippen LogP contribution < -0.4 is 10.2 Å². The number of benzene rings is 3. The average Bonchev–Trinajstić information content (AvgIpc) is 2.63. The van der Waals surface area contributed by atoms with E-state index in [0.717, 1.165) is 14.9 Å². The van der Waals surface area contributed by atoms with Crippen LogP contribution in [-0.2, 0) is 0 Å². The maximum Gasteiger partial charge on any atom is 0.262 e. The Kier molecular flexibility index (Phi) is 4.09. The number of anilines is 2. The maximum absolute atomic E-state index is 13.2. The number of carbonyl (C=O) groups excluding carboxylic acids is 1. The van der Waals surface area contributed by atoms with Crippen molar-refractivity contribution in [1.29, 1.82) is 0 Å². The number of carbonyl (C=O) groups is 1. The summed E-state index contributed by atoms with van der Waals surface area (Å²) >= 11 is 2.24. The number of fused-ring (bicyclic) bond motifs is 1. The molecule has 25 heavy (non-hydrogen) atoms. The minimum atomic E-state index is -0.483. The number of rotatable bonds is 2. The van der Waals surface area contributed by atoms with Gasteiger partial charge in [0, 0.05) is 20.5 Å². The SMILES string of the molecule is O=C1c2ccccc2N[C@@H](c2ccccc2O)N1c1ccc(I)cc1. The largest absolute Gasteiger partial charge is 0.508 e. The van der Waals surface area contributed by atoms with Gasteiger partial charge in [0.1, 0.15) is 11.9 Å². The molecule has 0 unspecified atom stereocenters. The molecule has 2 N–H and O–H groups in total. The minimum Gasteiger partial charge on any atom is -0.508 e. The summed E-state index contributed by atoms with van der Waals surface area (Å²) in [5, 5.41) is 13.7. The van der Waals surface area contributed by atoms with Crippen molar-refractivity contribution in [2.45, 2.75) is 6.17 Å². The summed E-state index contributed by atoms with van der Waals surface area (Å²) in [7, 11) is 0. The lowest BCUT2D eigenvalue weighted by atomic mass is 10.0. The molecule has 1 amide bonds. The molecule has 3 aromatic rings. The summed E-state index contributed by atoms with van der Waals surface area (Å²) < 4.78 is 1.10. The Bertz CT molecular complexity index is 940. The molecular formula is C20H15IN2O2. The van der Waals surface area contributed by atoms with Crippen LogP contribution in [0.5, 0.6) is 5.75 Å². The zero-order chi connectivity index (χ0) is 17.4. The third-order valence-corrected chi connectivity index (χ3v) is 4.98. The van der Waals surface area contributed by atoms with Crippen molar-refractivity contribution in [3.05, 3.63) is 87.5 Å². The van der Waals surface area contributed by atoms with Crippen LogP contribution in [-0.4, -0.2) is 11.0 Å². The Morgan fingerprint density at radius 2 is 1.60 bits per heavy atom. The number of hydrogen-bond acceptors (Lipinski definition) is 3. The molecule has 0 saturated heterocycles. The van der Waals surface area contributed by atoms with Crippen LogP contribution in [0.15, 0.2) is 72.8 Å². The number of aromatic hydroxyl groups is 1. The summed E-state index contributed by atoms with van der Waals surface area (Å²) in [5.74, 6) is 0.0616. The van der Waals surface area contributed by atoms with Gasteiger partial charge in [-0.25, -0.2) is 0 Å². The Labute approximate surface area is 159 Å². The van der Waals surface area contributed by atoms with Gasteiger partial charge in [0.25, 0.3) is 5.91 Å². The highest BCUT2D eigenvalue weighted by molar-refractivity contribution is 14.1. The summed E-state index contributed by atoms with van der Waals surface area (Å²) in [4.78, 5) is 14.9. The van der Waals surface area contributed by atoms with Gasteiger partial charge in [-0.15, -0.1) is 0 Å². The van der Waals surface area contributed by atoms with E-state index < -0.39 is 6.17 Å². The fourth-order valence-electron chi connectivity index (χ4n) is 3.06. The third kappa shape index (κ3) is 2.84. The number of nitrogens with one attached hydrogen (secondary N) is 1. The van der Waals surface area contributed by atoms with Gasteiger partial charge in [0.2, 0.25) is 0 Å². The fraction of sp³-hybridized carbons (Fsp3) is 0.0500. The molecule has 4 rings (SSSR count). The van der Waals surface area contributed by atoms with Crippen LogP contribution in [0.1, 0.15) is 22.1 Å². The average molecular weight is 442 g/mol. The molecule has 1 aliphatic heterocycles. The quantitative estimate of drug-likeness (QED) is 0.563. The van der Waals surface area contributed by atoms with Crippen molar-refractivity contribution in [3.8, 4) is 5.75 Å². The van der Waals surface area contributed by atoms with Gasteiger partial charge in [-0.2, -0.15) is 0 Å². The number of phenols is 1. The van der Waals surface area contributed by atoms with Gasteiger partial charge in [-0.1, -0.05) is 30.3 Å². The smallest absolute Gasteiger partial charge is 0.262 e. The second-order valence-corrected chi connectivity index (χ2v) is 7.05. The number of phenolic OH excluding ortho intramolecular Hbond substituents is 1. The first-order valence-corrected chi connectivity index (χ1v) is 8.95. The van der Waals surface area contributed by atoms with E-state index in [1.807, 2.05) is 60.7 Å². The van der Waals surface area contributed by atoms with E-state index >= 15 is 0 Å². The van der Waals surface area contributed by atoms with Crippen LogP contribution in [0.2, 0.25) is 0 Å². The van der Waals surface area contributed by atoms with E-state index in [1.165, 1.54) is 0 Å². The van der Waals surface area contributed by atoms with Crippen molar-refractivity contribution in [2.24, 2.45) is 0 Å². The standard InChI is InChI=1S/C20H15IN2O2/c21-13-9-11-14(12-10-13)23-19(16-6-2-4-8-18(16)24)22-17-7-3-1-5-15(17)20(23)25/h1-12,19,22,24H/t19-/m1/s1. The molecule has 124 valence electrons. The molecule has 1 aliphatic rings. The fourth-order valence-corrected chi connectivity index (χ4v) is 3.42. The number of nitrogens with zero attached hydrogens (tertiary/aromatic N) is 1. The van der Waals surface area contributed by atoms with Gasteiger partial charge < -0.3 is 10.4 Å². The lowest BCUT2D eigenvalue weighted by molar-refractivity contribution is 0.0974. The van der Waals surface area contributed by atoms with Crippen LogP contribution in [0.3, 0.4) is 0 Å². The van der Waals surface area contributed by atoms with Crippen LogP contribution in [0.25, 0.3) is 0 Å². The molecule has 4 nitrogen and oxygen atoms in total. The molecule has 0 radical (unpaired) electrons. The predicted octanol–water partition coefficient (Wildman–Crippen LogP) is 4.77. The molecule has 3 aromatic carbocycles. The molecule has 0 bridgehead atoms. The van der Waals surface area contributed by atoms with E-state index in [-0.39, 0.29) is 11.7 Å². The molecule has 1 atom stereocenters. The van der Waals surface area contributed by atoms with E-state index in [2.05, 4.69) is 27.9 Å². The van der Waals surface area contributed by atoms with E-state index in [0.29, 0.717) is 11.1 Å². The number of halogens is 1. The summed E-state index contributed by atoms with van der Waals surface area (Å²) in [5.41, 5.74) is 2.82. The van der Waals surface area contributed by atoms with E-state index in [4.69, 9.17) is 0 Å². The van der Waals surface area contributed by atoms with Crippen LogP contribution in [0, 0.1) is 3.57 Å².